The van der Waals surface area contributed by atoms with Gasteiger partial charge in [-0.15, -0.1) is 0 Å². The molecule has 0 saturated carbocycles. The molecule has 6 heteroatoms. The second-order valence-electron chi connectivity index (χ2n) is 5.77. The lowest BCUT2D eigenvalue weighted by molar-refractivity contribution is -0.0828. The number of carbonyl (C=O) groups is 1. The van der Waals surface area contributed by atoms with Crippen molar-refractivity contribution in [1.29, 1.82) is 0 Å². The van der Waals surface area contributed by atoms with Crippen molar-refractivity contribution in [3.05, 3.63) is 59.7 Å². The number of carbonyl (C=O) groups excluding carboxylic acids is 1. The van der Waals surface area contributed by atoms with Crippen molar-refractivity contribution in [1.82, 2.24) is 0 Å². The average molecular weight is 387 g/mol. The number of rotatable bonds is 12. The number of ketones is 1. The Hall–Kier alpha value is -2.15. The lowest BCUT2D eigenvalue weighted by Gasteiger charge is -2.16. The van der Waals surface area contributed by atoms with Gasteiger partial charge in [0.25, 0.3) is 0 Å². The van der Waals surface area contributed by atoms with E-state index in [1.54, 1.807) is 36.4 Å². The van der Waals surface area contributed by atoms with E-state index in [9.17, 15) is 9.90 Å². The van der Waals surface area contributed by atoms with E-state index in [1.165, 1.54) is 6.07 Å². The molecule has 0 saturated heterocycles. The molecule has 0 heterocycles. The van der Waals surface area contributed by atoms with E-state index in [1.807, 2.05) is 19.9 Å². The zero-order valence-corrected chi connectivity index (χ0v) is 16.8. The van der Waals surface area contributed by atoms with Crippen molar-refractivity contribution in [3.8, 4) is 11.5 Å². The summed E-state index contributed by atoms with van der Waals surface area (Å²) in [6.45, 7) is 5.73. The SMILES string of the molecule is CCOC(OCC)[Si]CCCOc1ccc(C(=O)c2ccccc2)c(O)c1. The summed E-state index contributed by atoms with van der Waals surface area (Å²) in [4.78, 5) is 12.4. The summed E-state index contributed by atoms with van der Waals surface area (Å²) in [6, 6.07) is 14.6. The van der Waals surface area contributed by atoms with E-state index in [0.29, 0.717) is 40.7 Å². The zero-order chi connectivity index (χ0) is 19.5. The van der Waals surface area contributed by atoms with Crippen LogP contribution in [0.4, 0.5) is 0 Å². The molecule has 0 aromatic heterocycles. The number of benzene rings is 2. The van der Waals surface area contributed by atoms with Crippen molar-refractivity contribution >= 4 is 15.3 Å². The number of hydrogen-bond donors (Lipinski definition) is 1. The molecule has 0 aliphatic carbocycles. The Morgan fingerprint density at radius 3 is 2.41 bits per heavy atom. The average Bonchev–Trinajstić information content (AvgIpc) is 2.68. The maximum Gasteiger partial charge on any atom is 0.196 e. The van der Waals surface area contributed by atoms with Crippen molar-refractivity contribution in [2.75, 3.05) is 19.8 Å². The number of hydrogen-bond acceptors (Lipinski definition) is 5. The predicted molar refractivity (Wildman–Crippen MR) is 106 cm³/mol. The number of phenols is 1. The maximum absolute atomic E-state index is 12.4. The predicted octanol–water partition coefficient (Wildman–Crippen LogP) is 3.87. The van der Waals surface area contributed by atoms with Crippen LogP contribution in [-0.2, 0) is 9.47 Å². The monoisotopic (exact) mass is 386 g/mol. The highest BCUT2D eigenvalue weighted by atomic mass is 28.2. The van der Waals surface area contributed by atoms with E-state index in [2.05, 4.69) is 0 Å². The minimum Gasteiger partial charge on any atom is -0.507 e. The molecule has 0 bridgehead atoms. The summed E-state index contributed by atoms with van der Waals surface area (Å²) < 4.78 is 16.7. The topological polar surface area (TPSA) is 65.0 Å². The van der Waals surface area contributed by atoms with Gasteiger partial charge in [0.15, 0.2) is 5.78 Å². The van der Waals surface area contributed by atoms with Crippen LogP contribution in [0.25, 0.3) is 0 Å². The summed E-state index contributed by atoms with van der Waals surface area (Å²) in [6.07, 6.45) is 0.862. The van der Waals surface area contributed by atoms with Gasteiger partial charge in [0, 0.05) is 24.8 Å². The Labute approximate surface area is 163 Å². The molecule has 2 rings (SSSR count). The Morgan fingerprint density at radius 2 is 1.78 bits per heavy atom. The van der Waals surface area contributed by atoms with E-state index in [4.69, 9.17) is 14.2 Å². The summed E-state index contributed by atoms with van der Waals surface area (Å²) in [5.74, 6) is 0.133. The minimum absolute atomic E-state index is 0.0732. The molecule has 5 nitrogen and oxygen atoms in total. The normalized spacial score (nSPS) is 10.9. The first kappa shape index (κ1) is 21.2. The van der Waals surface area contributed by atoms with Crippen LogP contribution in [0.15, 0.2) is 48.5 Å². The highest BCUT2D eigenvalue weighted by Crippen LogP contribution is 2.26. The van der Waals surface area contributed by atoms with Gasteiger partial charge in [-0.05, 0) is 32.4 Å². The Morgan fingerprint density at radius 1 is 1.07 bits per heavy atom. The fourth-order valence-corrected chi connectivity index (χ4v) is 3.64. The summed E-state index contributed by atoms with van der Waals surface area (Å²) in [7, 11) is 0.562. The highest BCUT2D eigenvalue weighted by Gasteiger charge is 2.14. The van der Waals surface area contributed by atoms with Crippen LogP contribution in [0.1, 0.15) is 36.2 Å². The second kappa shape index (κ2) is 11.5. The summed E-state index contributed by atoms with van der Waals surface area (Å²) in [5.41, 5.74) is 0.812. The van der Waals surface area contributed by atoms with Gasteiger partial charge in [-0.1, -0.05) is 36.4 Å². The van der Waals surface area contributed by atoms with Crippen LogP contribution >= 0.6 is 0 Å². The fraction of sp³-hybridized carbons (Fsp3) is 0.381. The van der Waals surface area contributed by atoms with Gasteiger partial charge in [-0.25, -0.2) is 0 Å². The number of phenolic OH excluding ortho intramolecular Hbond substituents is 1. The van der Waals surface area contributed by atoms with Gasteiger partial charge in [0.2, 0.25) is 0 Å². The molecule has 0 fully saturated rings. The summed E-state index contributed by atoms with van der Waals surface area (Å²) >= 11 is 0. The molecule has 0 unspecified atom stereocenters. The molecule has 0 aliphatic rings. The summed E-state index contributed by atoms with van der Waals surface area (Å²) in [5, 5.41) is 10.2. The van der Waals surface area contributed by atoms with Crippen molar-refractivity contribution in [2.45, 2.75) is 32.2 Å². The van der Waals surface area contributed by atoms with Gasteiger partial charge >= 0.3 is 0 Å². The third-order valence-corrected chi connectivity index (χ3v) is 5.10. The van der Waals surface area contributed by atoms with Gasteiger partial charge < -0.3 is 19.3 Å². The van der Waals surface area contributed by atoms with E-state index in [0.717, 1.165) is 12.5 Å². The zero-order valence-electron chi connectivity index (χ0n) is 15.8. The molecule has 1 N–H and O–H groups in total. The Bertz CT molecular complexity index is 699. The first-order valence-electron chi connectivity index (χ1n) is 9.17. The lowest BCUT2D eigenvalue weighted by Crippen LogP contribution is -2.24. The van der Waals surface area contributed by atoms with E-state index < -0.39 is 0 Å². The van der Waals surface area contributed by atoms with Gasteiger partial charge in [-0.2, -0.15) is 0 Å². The van der Waals surface area contributed by atoms with Crippen LogP contribution in [-0.4, -0.2) is 46.1 Å². The molecule has 27 heavy (non-hydrogen) atoms. The first-order chi connectivity index (χ1) is 13.2. The van der Waals surface area contributed by atoms with Crippen LogP contribution in [0.2, 0.25) is 6.04 Å². The smallest absolute Gasteiger partial charge is 0.196 e. The third kappa shape index (κ3) is 6.82. The Kier molecular flexibility index (Phi) is 9.04. The lowest BCUT2D eigenvalue weighted by atomic mass is 10.0. The van der Waals surface area contributed by atoms with Crippen molar-refractivity contribution in [2.24, 2.45) is 0 Å². The molecule has 2 radical (unpaired) electrons. The molecule has 0 atom stereocenters. The van der Waals surface area contributed by atoms with E-state index >= 15 is 0 Å². The second-order valence-corrected chi connectivity index (χ2v) is 7.15. The van der Waals surface area contributed by atoms with Crippen molar-refractivity contribution in [3.63, 3.8) is 0 Å². The van der Waals surface area contributed by atoms with Crippen LogP contribution in [0, 0.1) is 0 Å². The molecular formula is C21H26O5Si. The number of aromatic hydroxyl groups is 1. The molecule has 0 aliphatic heterocycles. The molecule has 2 aromatic carbocycles. The molecule has 144 valence electrons. The highest BCUT2D eigenvalue weighted by molar-refractivity contribution is 6.36. The minimum atomic E-state index is -0.209. The van der Waals surface area contributed by atoms with Crippen LogP contribution in [0.5, 0.6) is 11.5 Å². The molecular weight excluding hydrogens is 360 g/mol. The molecule has 0 amide bonds. The molecule has 2 aromatic rings. The van der Waals surface area contributed by atoms with Gasteiger partial charge in [0.05, 0.1) is 12.2 Å². The standard InChI is InChI=1S/C21H26O5Si/c1-3-24-21(25-4-2)27-14-8-13-26-17-11-12-18(19(22)15-17)20(23)16-9-6-5-7-10-16/h5-7,9-12,15,21-22H,3-4,8,13-14H2,1-2H3. The van der Waals surface area contributed by atoms with Crippen molar-refractivity contribution < 1.29 is 24.1 Å². The fourth-order valence-electron chi connectivity index (χ4n) is 2.49. The molecule has 0 spiro atoms. The van der Waals surface area contributed by atoms with Crippen LogP contribution < -0.4 is 4.74 Å². The van der Waals surface area contributed by atoms with E-state index in [-0.39, 0.29) is 23.0 Å². The Balaban J connectivity index is 1.81. The third-order valence-electron chi connectivity index (χ3n) is 3.79. The quantitative estimate of drug-likeness (QED) is 0.260. The largest absolute Gasteiger partial charge is 0.507 e. The first-order valence-corrected chi connectivity index (χ1v) is 10.5. The van der Waals surface area contributed by atoms with Crippen LogP contribution in [0.3, 0.4) is 0 Å². The number of ether oxygens (including phenoxy) is 3. The van der Waals surface area contributed by atoms with Gasteiger partial charge in [0.1, 0.15) is 26.9 Å². The van der Waals surface area contributed by atoms with Gasteiger partial charge in [-0.3, -0.25) is 4.79 Å². The maximum atomic E-state index is 12.4.